The zero-order chi connectivity index (χ0) is 32.1. The molecule has 0 saturated heterocycles. The quantitative estimate of drug-likeness (QED) is 0.195. The molecule has 0 bridgehead atoms. The van der Waals surface area contributed by atoms with Crippen LogP contribution in [-0.4, -0.2) is 50.0 Å². The Morgan fingerprint density at radius 1 is 0.400 bits per heavy atom. The van der Waals surface area contributed by atoms with Gasteiger partial charge in [-0.05, 0) is 74.3 Å². The van der Waals surface area contributed by atoms with Gasteiger partial charge in [0.1, 0.15) is 0 Å². The Balaban J connectivity index is 1.57. The molecule has 4 aliphatic rings. The third-order valence-electron chi connectivity index (χ3n) is 5.77. The third-order valence-corrected chi connectivity index (χ3v) is 27.6. The second-order valence-corrected chi connectivity index (χ2v) is 27.3. The SMILES string of the molecule is CSC1=C(SC)SC(=CC(=C2SC(SC)=C(SC)S2)c2ccc(C(C=C3SC(SC)=C(SC)S3)=C3SC(SC)=C(SC)S3)s2)S1. The molecule has 0 unspecified atom stereocenters. The summed E-state index contributed by atoms with van der Waals surface area (Å²) in [6, 6.07) is 4.74. The largest absolute Gasteiger partial charge is 0.135 e. The second kappa shape index (κ2) is 19.3. The van der Waals surface area contributed by atoms with E-state index in [0.29, 0.717) is 0 Å². The molecule has 0 saturated carbocycles. The zero-order valence-corrected chi connectivity index (χ0v) is 39.1. The number of thiophene rings is 1. The van der Waals surface area contributed by atoms with Gasteiger partial charge in [-0.25, -0.2) is 0 Å². The Morgan fingerprint density at radius 2 is 0.644 bits per heavy atom. The fourth-order valence-corrected chi connectivity index (χ4v) is 25.0. The van der Waals surface area contributed by atoms with E-state index in [9.17, 15) is 0 Å². The van der Waals surface area contributed by atoms with Crippen molar-refractivity contribution >= 4 is 211 Å². The zero-order valence-electron chi connectivity index (χ0n) is 25.2. The van der Waals surface area contributed by atoms with Crippen molar-refractivity contribution in [1.29, 1.82) is 0 Å². The van der Waals surface area contributed by atoms with E-state index >= 15 is 0 Å². The smallest absolute Gasteiger partial charge is 0.0657 e. The molecule has 1 aromatic rings. The molecule has 0 aromatic carbocycles. The van der Waals surface area contributed by atoms with Crippen LogP contribution in [0.3, 0.4) is 0 Å². The lowest BCUT2D eigenvalue weighted by atomic mass is 10.2. The van der Waals surface area contributed by atoms with Crippen LogP contribution in [-0.2, 0) is 0 Å². The molecule has 5 heterocycles. The summed E-state index contributed by atoms with van der Waals surface area (Å²) in [5.41, 5.74) is 2.71. The monoisotopic (exact) mass is 908 g/mol. The molecule has 1 aromatic heterocycles. The lowest BCUT2D eigenvalue weighted by Crippen LogP contribution is -1.81. The minimum absolute atomic E-state index is 1.34. The van der Waals surface area contributed by atoms with E-state index in [1.807, 2.05) is 200 Å². The number of rotatable bonds is 12. The second-order valence-electron chi connectivity index (χ2n) is 8.24. The molecule has 0 radical (unpaired) electrons. The molecule has 242 valence electrons. The predicted molar refractivity (Wildman–Crippen MR) is 251 cm³/mol. The van der Waals surface area contributed by atoms with E-state index in [1.54, 1.807) is 0 Å². The van der Waals surface area contributed by atoms with Gasteiger partial charge in [0, 0.05) is 20.9 Å². The maximum absolute atomic E-state index is 2.46. The highest BCUT2D eigenvalue weighted by molar-refractivity contribution is 8.42. The van der Waals surface area contributed by atoms with Gasteiger partial charge in [-0.2, -0.15) is 0 Å². The summed E-state index contributed by atoms with van der Waals surface area (Å²) in [7, 11) is 0. The first-order valence-electron chi connectivity index (χ1n) is 12.6. The average molecular weight is 910 g/mol. The molecule has 0 aliphatic carbocycles. The van der Waals surface area contributed by atoms with E-state index in [-0.39, 0.29) is 0 Å². The molecule has 0 fully saturated rings. The van der Waals surface area contributed by atoms with Crippen molar-refractivity contribution in [2.24, 2.45) is 0 Å². The van der Waals surface area contributed by atoms with Crippen LogP contribution in [0.4, 0.5) is 0 Å². The van der Waals surface area contributed by atoms with E-state index in [1.165, 1.54) is 71.7 Å². The highest BCUT2D eigenvalue weighted by atomic mass is 32.3. The summed E-state index contributed by atoms with van der Waals surface area (Å²) in [5.74, 6) is 0. The molecule has 0 nitrogen and oxygen atoms in total. The Morgan fingerprint density at radius 3 is 0.889 bits per heavy atom. The maximum Gasteiger partial charge on any atom is 0.0657 e. The summed E-state index contributed by atoms with van der Waals surface area (Å²) >= 11 is 32.4. The van der Waals surface area contributed by atoms with Crippen LogP contribution in [0.15, 0.2) is 75.1 Å². The number of hydrogen-bond donors (Lipinski definition) is 0. The van der Waals surface area contributed by atoms with Crippen LogP contribution in [0.2, 0.25) is 0 Å². The normalized spacial score (nSPS) is 19.0. The van der Waals surface area contributed by atoms with Crippen LogP contribution < -0.4 is 0 Å². The molecule has 0 amide bonds. The topological polar surface area (TPSA) is 0 Å². The number of hydrogen-bond acceptors (Lipinski definition) is 17. The van der Waals surface area contributed by atoms with Crippen LogP contribution in [0.25, 0.3) is 11.1 Å². The standard InChI is InChI=1S/C28H28S17/c1-29-21-22(30-2)39-17(38-21)11-13(19-42-25(33-5)26(34-6)43-19)15-9-10-16(37-15)14(20-44-27(35-7)28(36-8)45-20)12-18-40-23(31-3)24(32-4)41-18/h9-12H,1-8H3. The molecule has 17 heteroatoms. The Labute approximate surface area is 340 Å². The lowest BCUT2D eigenvalue weighted by molar-refractivity contribution is 1.82. The first-order chi connectivity index (χ1) is 21.9. The summed E-state index contributed by atoms with van der Waals surface area (Å²) < 4.78 is 16.8. The molecular weight excluding hydrogens is 881 g/mol. The van der Waals surface area contributed by atoms with E-state index in [0.717, 1.165) is 0 Å². The molecular formula is C28H28S17. The third kappa shape index (κ3) is 9.61. The van der Waals surface area contributed by atoms with Gasteiger partial charge in [-0.3, -0.25) is 0 Å². The van der Waals surface area contributed by atoms with Gasteiger partial charge in [-0.1, -0.05) is 94.1 Å². The minimum atomic E-state index is 1.34. The van der Waals surface area contributed by atoms with Crippen LogP contribution >= 0.6 is 200 Å². The van der Waals surface area contributed by atoms with E-state index < -0.39 is 0 Å². The molecule has 45 heavy (non-hydrogen) atoms. The van der Waals surface area contributed by atoms with E-state index in [2.05, 4.69) is 74.3 Å². The van der Waals surface area contributed by atoms with Crippen molar-refractivity contribution in [1.82, 2.24) is 0 Å². The van der Waals surface area contributed by atoms with Crippen molar-refractivity contribution in [3.8, 4) is 0 Å². The Kier molecular flexibility index (Phi) is 16.9. The molecule has 0 N–H and O–H groups in total. The number of allylic oxidation sites excluding steroid dienone is 4. The van der Waals surface area contributed by atoms with Gasteiger partial charge in [0.25, 0.3) is 0 Å². The summed E-state index contributed by atoms with van der Waals surface area (Å²) in [5, 5.41) is 0. The van der Waals surface area contributed by atoms with Gasteiger partial charge >= 0.3 is 0 Å². The van der Waals surface area contributed by atoms with Crippen molar-refractivity contribution in [2.75, 3.05) is 50.0 Å². The summed E-state index contributed by atoms with van der Waals surface area (Å²) in [4.78, 5) is 2.68. The molecule has 0 atom stereocenters. The average Bonchev–Trinajstić information content (AvgIpc) is 3.90. The van der Waals surface area contributed by atoms with Crippen LogP contribution in [0.5, 0.6) is 0 Å². The van der Waals surface area contributed by atoms with Gasteiger partial charge in [0.15, 0.2) is 0 Å². The highest BCUT2D eigenvalue weighted by Crippen LogP contribution is 2.63. The summed E-state index contributed by atoms with van der Waals surface area (Å²) in [6.07, 6.45) is 22.5. The lowest BCUT2D eigenvalue weighted by Gasteiger charge is -2.08. The van der Waals surface area contributed by atoms with Gasteiger partial charge in [0.2, 0.25) is 0 Å². The highest BCUT2D eigenvalue weighted by Gasteiger charge is 2.29. The fourth-order valence-electron chi connectivity index (χ4n) is 3.78. The van der Waals surface area contributed by atoms with Crippen LogP contribution in [0.1, 0.15) is 9.75 Å². The first kappa shape index (κ1) is 39.4. The Bertz CT molecular complexity index is 1390. The van der Waals surface area contributed by atoms with Crippen LogP contribution in [0, 0.1) is 0 Å². The molecule has 0 spiro atoms. The molecule has 4 aliphatic heterocycles. The fraction of sp³-hybridized carbons (Fsp3) is 0.286. The summed E-state index contributed by atoms with van der Waals surface area (Å²) in [6.45, 7) is 0. The van der Waals surface area contributed by atoms with Gasteiger partial charge in [0.05, 0.1) is 50.8 Å². The molecule has 5 rings (SSSR count). The van der Waals surface area contributed by atoms with Gasteiger partial charge < -0.3 is 0 Å². The predicted octanol–water partition coefficient (Wildman–Crippen LogP) is 16.1. The Hall–Kier alpha value is 3.22. The van der Waals surface area contributed by atoms with Crippen molar-refractivity contribution in [2.45, 2.75) is 0 Å². The van der Waals surface area contributed by atoms with Crippen molar-refractivity contribution in [3.63, 3.8) is 0 Å². The van der Waals surface area contributed by atoms with Gasteiger partial charge in [-0.15, -0.1) is 105 Å². The minimum Gasteiger partial charge on any atom is -0.135 e. The van der Waals surface area contributed by atoms with Crippen molar-refractivity contribution < 1.29 is 0 Å². The number of thioether (sulfide) groups is 16. The van der Waals surface area contributed by atoms with E-state index in [4.69, 9.17) is 0 Å². The maximum atomic E-state index is 2.46. The van der Waals surface area contributed by atoms with Crippen molar-refractivity contribution in [3.05, 3.63) is 84.9 Å². The first-order valence-corrected chi connectivity index (χ1v) is 29.8.